The fourth-order valence-electron chi connectivity index (χ4n) is 13.5. The van der Waals surface area contributed by atoms with Crippen LogP contribution in [0, 0.1) is 41.5 Å². The summed E-state index contributed by atoms with van der Waals surface area (Å²) in [4.78, 5) is 111. The van der Waals surface area contributed by atoms with Crippen LogP contribution in [0.5, 0.6) is 23.0 Å². The minimum absolute atomic E-state index is 0.00855. The Morgan fingerprint density at radius 1 is 0.302 bits per heavy atom. The molecule has 0 saturated heterocycles. The number of nitrogens with two attached hydrogens (primary N) is 1. The summed E-state index contributed by atoms with van der Waals surface area (Å²) in [7, 11) is -14.4. The van der Waals surface area contributed by atoms with Crippen LogP contribution in [0.3, 0.4) is 0 Å². The van der Waals surface area contributed by atoms with Crippen LogP contribution in [0.1, 0.15) is 145 Å². The number of hydrogen-bond donors (Lipinski definition) is 12. The molecular formula is C101H102Cl4N8O22S4. The number of benzene rings is 12. The second-order valence-corrected chi connectivity index (χ2v) is 41.7. The van der Waals surface area contributed by atoms with Gasteiger partial charge in [-0.3, -0.25) is 38.4 Å². The number of sulfone groups is 4. The Kier molecular flexibility index (Phi) is 39.2. The van der Waals surface area contributed by atoms with Crippen LogP contribution >= 0.6 is 46.4 Å². The molecule has 730 valence electrons. The minimum atomic E-state index is -3.98. The van der Waals surface area contributed by atoms with Gasteiger partial charge in [-0.1, -0.05) is 164 Å². The van der Waals surface area contributed by atoms with Crippen molar-refractivity contribution in [1.82, 2.24) is 0 Å². The molecule has 0 saturated carbocycles. The maximum Gasteiger partial charge on any atom is 0.337 e. The standard InChI is InChI=1S/C26H25ClN2O7S.C25H26N2O5S.C24H21Cl3N2O5S.C17H20N2O4S.C9H10O/c1-4-23(37(34,35)18-7-5-6-15(2)12-18)25(32)28-20-14-22(30)21(13-19(20)27)29-24(31)16-8-10-17(11-9-16)26(33)36-3;1-4-23(33(31,32)20-10-6-8-17(3)14-20)25(30)26-19-11-12-21(22(28)15-19)27-24(29)18-9-5-7-16(2)13-18;1-3-22(35(33,34)15-6-4-5-13(2)9-15)24(32)28-19-12-21(30)20(11-18(19)27)29-23(31)14-7-8-16(25)17(26)10-14;1-3-16(24(22,23)13-6-4-5-11(2)9-13)17(21)19-12-7-8-14(18)15(20)10-12;1-7-4-3-5-9(6-7)8(2)10/h5-14,23,30H,4H2,1-3H3,(H,28,32)(H,29,31);5-15,23,28H,4H2,1-3H3,(H,26,30)(H,27,29);4-12,22,30H,3H2,1-2H3,(H,28,32)(H,29,31);4-10,16,20H,3,18H2,1-2H3,(H,19,21);3-6H,1-2H3. The Balaban J connectivity index is 0.000000221. The van der Waals surface area contributed by atoms with Gasteiger partial charge in [-0.25, -0.2) is 38.5 Å². The van der Waals surface area contributed by atoms with Gasteiger partial charge in [0, 0.05) is 57.9 Å². The van der Waals surface area contributed by atoms with E-state index in [0.717, 1.165) is 51.1 Å². The average molecular weight is 2050 g/mol. The first-order chi connectivity index (χ1) is 65.5. The molecule has 4 unspecified atom stereocenters. The highest BCUT2D eigenvalue weighted by atomic mass is 35.5. The van der Waals surface area contributed by atoms with Crippen molar-refractivity contribution in [1.29, 1.82) is 0 Å². The van der Waals surface area contributed by atoms with Crippen molar-refractivity contribution in [3.63, 3.8) is 0 Å². The van der Waals surface area contributed by atoms with Crippen molar-refractivity contribution in [3.8, 4) is 23.0 Å². The van der Waals surface area contributed by atoms with Crippen molar-refractivity contribution in [2.75, 3.05) is 50.1 Å². The zero-order valence-electron chi connectivity index (χ0n) is 77.2. The quantitative estimate of drug-likeness (QED) is 0.00938. The van der Waals surface area contributed by atoms with E-state index in [1.807, 2.05) is 44.2 Å². The molecule has 30 nitrogen and oxygen atoms in total. The van der Waals surface area contributed by atoms with Crippen LogP contribution < -0.4 is 43.0 Å². The normalized spacial score (nSPS) is 11.9. The fraction of sp³-hybridized carbons (Fsp3) is 0.198. The molecule has 13 N–H and O–H groups in total. The number of anilines is 8. The molecule has 7 amide bonds. The van der Waals surface area contributed by atoms with E-state index in [-0.39, 0.29) is 151 Å². The van der Waals surface area contributed by atoms with Gasteiger partial charge in [0.25, 0.3) is 17.7 Å². The number of phenolic OH excluding ortho intramolecular Hbond substituents is 4. The number of esters is 1. The van der Waals surface area contributed by atoms with Crippen molar-refractivity contribution in [3.05, 3.63) is 330 Å². The van der Waals surface area contributed by atoms with Crippen LogP contribution in [0.25, 0.3) is 0 Å². The summed E-state index contributed by atoms with van der Waals surface area (Å²) >= 11 is 24.3. The summed E-state index contributed by atoms with van der Waals surface area (Å²) in [6.07, 6.45) is 0.236. The number of carbonyl (C=O) groups excluding carboxylic acids is 9. The molecule has 12 aromatic rings. The van der Waals surface area contributed by atoms with E-state index in [0.29, 0.717) is 5.56 Å². The highest BCUT2D eigenvalue weighted by Crippen LogP contribution is 2.39. The van der Waals surface area contributed by atoms with Gasteiger partial charge >= 0.3 is 5.97 Å². The topological polar surface area (TPSA) is 491 Å². The fourth-order valence-corrected chi connectivity index (χ4v) is 21.1. The zero-order valence-corrected chi connectivity index (χ0v) is 83.5. The summed E-state index contributed by atoms with van der Waals surface area (Å²) in [6, 6.07) is 63.0. The van der Waals surface area contributed by atoms with Crippen LogP contribution in [0.15, 0.2) is 268 Å². The zero-order chi connectivity index (χ0) is 103. The first kappa shape index (κ1) is 110. The number of Topliss-reactive ketones (excluding diaryl/α,β-unsaturated/α-hetero) is 1. The number of aryl methyl sites for hydroxylation is 6. The van der Waals surface area contributed by atoms with Gasteiger partial charge in [0.15, 0.2) is 45.1 Å². The Bertz CT molecular complexity index is 7140. The summed E-state index contributed by atoms with van der Waals surface area (Å²) in [5, 5.41) is 53.5. The van der Waals surface area contributed by atoms with E-state index in [1.165, 1.54) is 141 Å². The number of nitrogen functional groups attached to an aromatic ring is 1. The lowest BCUT2D eigenvalue weighted by molar-refractivity contribution is -0.116. The lowest BCUT2D eigenvalue weighted by Crippen LogP contribution is -2.34. The lowest BCUT2D eigenvalue weighted by atomic mass is 10.1. The molecule has 0 fully saturated rings. The third kappa shape index (κ3) is 29.8. The smallest absolute Gasteiger partial charge is 0.337 e. The average Bonchev–Trinajstić information content (AvgIpc) is 0.797. The predicted octanol–water partition coefficient (Wildman–Crippen LogP) is 19.8. The van der Waals surface area contributed by atoms with Crippen LogP contribution in [-0.4, -0.2) is 135 Å². The van der Waals surface area contributed by atoms with E-state index in [4.69, 9.17) is 52.1 Å². The maximum absolute atomic E-state index is 13.1. The van der Waals surface area contributed by atoms with E-state index >= 15 is 0 Å². The molecule has 0 spiro atoms. The number of phenols is 4. The molecule has 139 heavy (non-hydrogen) atoms. The third-order valence-corrected chi connectivity index (χ3v) is 31.1. The highest BCUT2D eigenvalue weighted by Gasteiger charge is 2.38. The Morgan fingerprint density at radius 2 is 0.604 bits per heavy atom. The van der Waals surface area contributed by atoms with Gasteiger partial charge in [-0.15, -0.1) is 0 Å². The molecule has 0 aromatic heterocycles. The summed E-state index contributed by atoms with van der Waals surface area (Å²) in [5.41, 5.74) is 13.2. The van der Waals surface area contributed by atoms with Crippen molar-refractivity contribution < 1.29 is 102 Å². The van der Waals surface area contributed by atoms with Crippen LogP contribution in [0.4, 0.5) is 45.5 Å². The van der Waals surface area contributed by atoms with E-state index < -0.39 is 113 Å². The maximum atomic E-state index is 13.1. The summed E-state index contributed by atoms with van der Waals surface area (Å²) < 4.78 is 108. The van der Waals surface area contributed by atoms with Crippen molar-refractivity contribution >= 4 is 184 Å². The third-order valence-electron chi connectivity index (χ3n) is 20.9. The first-order valence-electron chi connectivity index (χ1n) is 42.6. The molecule has 0 radical (unpaired) electrons. The summed E-state index contributed by atoms with van der Waals surface area (Å²) in [5.74, 6) is -6.19. The van der Waals surface area contributed by atoms with Gasteiger partial charge in [-0.2, -0.15) is 0 Å². The number of hydrogen-bond acceptors (Lipinski definition) is 23. The number of ether oxygens (including phenoxy) is 1. The molecular weight excluding hydrogens is 1950 g/mol. The predicted molar refractivity (Wildman–Crippen MR) is 542 cm³/mol. The van der Waals surface area contributed by atoms with Crippen LogP contribution in [-0.2, 0) is 63.3 Å². The Morgan fingerprint density at radius 3 is 0.935 bits per heavy atom. The first-order valence-corrected chi connectivity index (χ1v) is 50.3. The Labute approximate surface area is 825 Å². The van der Waals surface area contributed by atoms with Gasteiger partial charge in [0.1, 0.15) is 44.0 Å². The molecule has 0 aliphatic heterocycles. The number of amides is 7. The molecule has 12 aromatic carbocycles. The van der Waals surface area contributed by atoms with E-state index in [9.17, 15) is 97.2 Å². The number of aromatic hydroxyl groups is 4. The molecule has 0 bridgehead atoms. The molecule has 4 atom stereocenters. The molecule has 12 rings (SSSR count). The van der Waals surface area contributed by atoms with Crippen molar-refractivity contribution in [2.24, 2.45) is 0 Å². The number of methoxy groups -OCH3 is 1. The highest BCUT2D eigenvalue weighted by molar-refractivity contribution is 7.93. The number of nitrogens with one attached hydrogen (secondary N) is 7. The van der Waals surface area contributed by atoms with E-state index in [1.54, 1.807) is 135 Å². The number of halogens is 4. The van der Waals surface area contributed by atoms with Gasteiger partial charge in [0.2, 0.25) is 23.6 Å². The summed E-state index contributed by atoms with van der Waals surface area (Å²) in [6.45, 7) is 18.9. The number of rotatable bonds is 28. The second-order valence-electron chi connectivity index (χ2n) is 31.5. The molecule has 0 aliphatic carbocycles. The lowest BCUT2D eigenvalue weighted by Gasteiger charge is -2.18. The van der Waals surface area contributed by atoms with E-state index in [2.05, 4.69) is 42.0 Å². The minimum Gasteiger partial charge on any atom is -0.506 e. The van der Waals surface area contributed by atoms with Gasteiger partial charge in [0.05, 0.1) is 86.5 Å². The number of ketones is 1. The number of carbonyl (C=O) groups is 9. The van der Waals surface area contributed by atoms with Crippen molar-refractivity contribution in [2.45, 2.75) is 142 Å². The Hall–Kier alpha value is -14.0. The molecule has 38 heteroatoms. The molecule has 0 heterocycles. The SMILES string of the molecule is CC(=O)c1cccc(C)c1.CCC(C(=O)Nc1cc(O)c(NC(=O)c2ccc(C(=O)OC)cc2)cc1Cl)S(=O)(=O)c1cccc(C)c1.CCC(C(=O)Nc1cc(O)c(NC(=O)c2ccc(Cl)c(Cl)c2)cc1Cl)S(=O)(=O)c1cccc(C)c1.CCC(C(=O)Nc1ccc(N)c(O)c1)S(=O)(=O)c1cccc(C)c1.CCC(C(=O)Nc1ccc(NC(=O)c2cccc(C)c2)c(O)c1)S(=O)(=O)c1cccc(C)c1. The largest absolute Gasteiger partial charge is 0.506 e. The molecule has 0 aliphatic rings. The second kappa shape index (κ2) is 49.4. The monoisotopic (exact) mass is 2050 g/mol. The van der Waals surface area contributed by atoms with Gasteiger partial charge in [-0.05, 0) is 242 Å². The van der Waals surface area contributed by atoms with Crippen LogP contribution in [0.2, 0.25) is 20.1 Å². The van der Waals surface area contributed by atoms with Gasteiger partial charge < -0.3 is 68.1 Å².